The van der Waals surface area contributed by atoms with E-state index in [1.165, 1.54) is 11.3 Å². The third-order valence-corrected chi connectivity index (χ3v) is 5.69. The maximum atomic E-state index is 12.9. The van der Waals surface area contributed by atoms with Gasteiger partial charge in [0.05, 0.1) is 40.1 Å². The first-order valence-electron chi connectivity index (χ1n) is 9.99. The topological polar surface area (TPSA) is 116 Å². The lowest BCUT2D eigenvalue weighted by molar-refractivity contribution is 0.0948. The molecular weight excluding hydrogens is 414 g/mol. The number of carbonyl (C=O) groups is 1. The zero-order valence-electron chi connectivity index (χ0n) is 17.6. The van der Waals surface area contributed by atoms with E-state index in [-0.39, 0.29) is 12.5 Å². The molecule has 0 aliphatic heterocycles. The van der Waals surface area contributed by atoms with Gasteiger partial charge in [0.25, 0.3) is 11.9 Å². The number of nitrogens with one attached hydrogen (secondary N) is 1. The molecule has 0 aromatic carbocycles. The van der Waals surface area contributed by atoms with Gasteiger partial charge in [0.2, 0.25) is 0 Å². The standard InChI is InChI=1S/C20H23N9OS/c1-4-5-6-15-14(19(30)22-10-17-27-24-11-28(17)3)8-25-29(15)20-23-7-13(2)18(26-20)16-9-21-12-31-16/h7-9,11-12H,4-6,10H2,1-3H3,(H,22,30). The second-order valence-electron chi connectivity index (χ2n) is 7.13. The van der Waals surface area contributed by atoms with E-state index in [9.17, 15) is 4.79 Å². The lowest BCUT2D eigenvalue weighted by Crippen LogP contribution is -2.25. The van der Waals surface area contributed by atoms with Gasteiger partial charge in [-0.25, -0.2) is 14.6 Å². The average molecular weight is 438 g/mol. The second-order valence-corrected chi connectivity index (χ2v) is 8.01. The number of hydrogen-bond acceptors (Lipinski definition) is 8. The quantitative estimate of drug-likeness (QED) is 0.450. The molecule has 4 rings (SSSR count). The molecule has 4 aromatic rings. The number of aryl methyl sites for hydroxylation is 2. The Morgan fingerprint density at radius 2 is 2.13 bits per heavy atom. The number of nitrogens with zero attached hydrogens (tertiary/aromatic N) is 8. The number of rotatable bonds is 8. The van der Waals surface area contributed by atoms with Gasteiger partial charge in [-0.1, -0.05) is 13.3 Å². The molecule has 0 unspecified atom stereocenters. The van der Waals surface area contributed by atoms with Crippen molar-refractivity contribution in [2.45, 2.75) is 39.7 Å². The van der Waals surface area contributed by atoms with E-state index in [1.807, 2.05) is 14.0 Å². The summed E-state index contributed by atoms with van der Waals surface area (Å²) in [5.74, 6) is 0.898. The molecule has 0 fully saturated rings. The van der Waals surface area contributed by atoms with Gasteiger partial charge in [-0.15, -0.1) is 21.5 Å². The highest BCUT2D eigenvalue weighted by Crippen LogP contribution is 2.25. The highest BCUT2D eigenvalue weighted by molar-refractivity contribution is 7.13. The maximum absolute atomic E-state index is 12.9. The Hall–Kier alpha value is -3.47. The second kappa shape index (κ2) is 9.13. The Morgan fingerprint density at radius 1 is 1.26 bits per heavy atom. The molecule has 0 aliphatic rings. The van der Waals surface area contributed by atoms with Gasteiger partial charge >= 0.3 is 0 Å². The highest BCUT2D eigenvalue weighted by Gasteiger charge is 2.20. The van der Waals surface area contributed by atoms with Gasteiger partial charge in [-0.2, -0.15) is 5.10 Å². The van der Waals surface area contributed by atoms with Crippen LogP contribution in [0.25, 0.3) is 16.5 Å². The molecule has 160 valence electrons. The fourth-order valence-electron chi connectivity index (χ4n) is 3.16. The van der Waals surface area contributed by atoms with Crippen molar-refractivity contribution < 1.29 is 4.79 Å². The monoisotopic (exact) mass is 437 g/mol. The molecule has 1 amide bonds. The van der Waals surface area contributed by atoms with Crippen LogP contribution >= 0.6 is 11.3 Å². The Balaban J connectivity index is 1.66. The fourth-order valence-corrected chi connectivity index (χ4v) is 3.83. The summed E-state index contributed by atoms with van der Waals surface area (Å²) in [4.78, 5) is 27.2. The summed E-state index contributed by atoms with van der Waals surface area (Å²) in [6.45, 7) is 4.36. The number of carbonyl (C=O) groups excluding carboxylic acids is 1. The van der Waals surface area contributed by atoms with Crippen LogP contribution in [0.4, 0.5) is 0 Å². The van der Waals surface area contributed by atoms with Gasteiger partial charge < -0.3 is 9.88 Å². The van der Waals surface area contributed by atoms with Crippen LogP contribution in [0.3, 0.4) is 0 Å². The van der Waals surface area contributed by atoms with Crippen LogP contribution in [0.15, 0.2) is 30.4 Å². The summed E-state index contributed by atoms with van der Waals surface area (Å²) < 4.78 is 3.43. The zero-order valence-corrected chi connectivity index (χ0v) is 18.4. The first kappa shape index (κ1) is 20.8. The Labute approximate surface area is 183 Å². The van der Waals surface area contributed by atoms with Crippen LogP contribution in [0.5, 0.6) is 0 Å². The van der Waals surface area contributed by atoms with Crippen molar-refractivity contribution in [3.63, 3.8) is 0 Å². The molecule has 10 nitrogen and oxygen atoms in total. The van der Waals surface area contributed by atoms with Crippen molar-refractivity contribution in [3.05, 3.63) is 53.1 Å². The summed E-state index contributed by atoms with van der Waals surface area (Å²) in [5.41, 5.74) is 4.85. The number of unbranched alkanes of at least 4 members (excludes halogenated alkanes) is 1. The molecule has 0 saturated heterocycles. The third kappa shape index (κ3) is 4.36. The number of thiazole rings is 1. The number of amides is 1. The van der Waals surface area contributed by atoms with Crippen LogP contribution < -0.4 is 5.32 Å². The van der Waals surface area contributed by atoms with Crippen LogP contribution in [-0.2, 0) is 20.0 Å². The summed E-state index contributed by atoms with van der Waals surface area (Å²) >= 11 is 1.52. The van der Waals surface area contributed by atoms with Crippen molar-refractivity contribution in [2.24, 2.45) is 7.05 Å². The van der Waals surface area contributed by atoms with Gasteiger partial charge in [-0.3, -0.25) is 9.78 Å². The molecule has 0 saturated carbocycles. The SMILES string of the molecule is CCCCc1c(C(=O)NCc2nncn2C)cnn1-c1ncc(C)c(-c2cncs2)n1. The van der Waals surface area contributed by atoms with Gasteiger partial charge in [0.15, 0.2) is 5.82 Å². The third-order valence-electron chi connectivity index (χ3n) is 4.91. The van der Waals surface area contributed by atoms with Gasteiger partial charge in [0, 0.05) is 19.4 Å². The van der Waals surface area contributed by atoms with Gasteiger partial charge in [-0.05, 0) is 25.3 Å². The van der Waals surface area contributed by atoms with E-state index >= 15 is 0 Å². The lowest BCUT2D eigenvalue weighted by Gasteiger charge is -2.10. The van der Waals surface area contributed by atoms with Crippen molar-refractivity contribution in [1.82, 2.24) is 44.8 Å². The van der Waals surface area contributed by atoms with E-state index in [0.717, 1.165) is 34.7 Å². The predicted octanol–water partition coefficient (Wildman–Crippen LogP) is 2.50. The minimum Gasteiger partial charge on any atom is -0.345 e. The van der Waals surface area contributed by atoms with Crippen LogP contribution in [0.1, 0.15) is 47.2 Å². The molecular formula is C20H23N9OS. The minimum atomic E-state index is -0.213. The van der Waals surface area contributed by atoms with Crippen molar-refractivity contribution >= 4 is 17.2 Å². The maximum Gasteiger partial charge on any atom is 0.255 e. The van der Waals surface area contributed by atoms with E-state index in [0.29, 0.717) is 23.8 Å². The van der Waals surface area contributed by atoms with E-state index in [4.69, 9.17) is 4.98 Å². The molecule has 0 spiro atoms. The lowest BCUT2D eigenvalue weighted by atomic mass is 10.1. The van der Waals surface area contributed by atoms with E-state index in [2.05, 4.69) is 37.5 Å². The molecule has 31 heavy (non-hydrogen) atoms. The molecule has 11 heteroatoms. The summed E-state index contributed by atoms with van der Waals surface area (Å²) in [6, 6.07) is 0. The normalized spacial score (nSPS) is 11.1. The first-order valence-corrected chi connectivity index (χ1v) is 10.9. The molecule has 0 aliphatic carbocycles. The summed E-state index contributed by atoms with van der Waals surface area (Å²) in [6.07, 6.45) is 9.34. The average Bonchev–Trinajstić information content (AvgIpc) is 3.52. The van der Waals surface area contributed by atoms with Gasteiger partial charge in [0.1, 0.15) is 6.33 Å². The Kier molecular flexibility index (Phi) is 6.12. The molecule has 0 atom stereocenters. The predicted molar refractivity (Wildman–Crippen MR) is 116 cm³/mol. The van der Waals surface area contributed by atoms with E-state index < -0.39 is 0 Å². The fraction of sp³-hybridized carbons (Fsp3) is 0.350. The molecule has 4 aromatic heterocycles. The molecule has 0 bridgehead atoms. The largest absolute Gasteiger partial charge is 0.345 e. The Morgan fingerprint density at radius 3 is 2.84 bits per heavy atom. The zero-order chi connectivity index (χ0) is 21.8. The van der Waals surface area contributed by atoms with Crippen molar-refractivity contribution in [1.29, 1.82) is 0 Å². The summed E-state index contributed by atoms with van der Waals surface area (Å²) in [7, 11) is 1.83. The van der Waals surface area contributed by atoms with Crippen LogP contribution in [0.2, 0.25) is 0 Å². The minimum absolute atomic E-state index is 0.213. The smallest absolute Gasteiger partial charge is 0.255 e. The van der Waals surface area contributed by atoms with E-state index in [1.54, 1.807) is 39.7 Å². The number of aromatic nitrogens is 8. The van der Waals surface area contributed by atoms with Crippen molar-refractivity contribution in [3.8, 4) is 16.5 Å². The van der Waals surface area contributed by atoms with Crippen molar-refractivity contribution in [2.75, 3.05) is 0 Å². The van der Waals surface area contributed by atoms with Crippen LogP contribution in [0, 0.1) is 6.92 Å². The Bertz CT molecular complexity index is 1180. The van der Waals surface area contributed by atoms with Crippen LogP contribution in [-0.4, -0.2) is 45.4 Å². The molecule has 4 heterocycles. The summed E-state index contributed by atoms with van der Waals surface area (Å²) in [5, 5.41) is 15.2. The molecule has 1 N–H and O–H groups in total. The highest BCUT2D eigenvalue weighted by atomic mass is 32.1. The molecule has 0 radical (unpaired) electrons. The number of hydrogen-bond donors (Lipinski definition) is 1. The first-order chi connectivity index (χ1) is 15.1.